The van der Waals surface area contributed by atoms with Gasteiger partial charge >= 0.3 is 0 Å². The topological polar surface area (TPSA) is 91.3 Å². The number of carbonyl (C=O) groups excluding carboxylic acids is 1. The van der Waals surface area contributed by atoms with Gasteiger partial charge in [0.1, 0.15) is 0 Å². The zero-order chi connectivity index (χ0) is 22.5. The number of nitrogens with zero attached hydrogens (tertiary/aromatic N) is 4. The van der Waals surface area contributed by atoms with Gasteiger partial charge in [0.25, 0.3) is 0 Å². The van der Waals surface area contributed by atoms with E-state index in [1.165, 1.54) is 0 Å². The van der Waals surface area contributed by atoms with E-state index in [2.05, 4.69) is 9.88 Å². The predicted octanol–water partition coefficient (Wildman–Crippen LogP) is 2.23. The minimum atomic E-state index is -2.96. The van der Waals surface area contributed by atoms with Crippen molar-refractivity contribution >= 4 is 32.3 Å². The van der Waals surface area contributed by atoms with Gasteiger partial charge < -0.3 is 14.8 Å². The molecule has 1 aromatic carbocycles. The molecule has 32 heavy (non-hydrogen) atoms. The number of rotatable bonds is 4. The number of amides is 1. The molecule has 2 aliphatic heterocycles. The molecule has 2 fully saturated rings. The maximum atomic E-state index is 12.9. The number of aromatic amines is 1. The number of nitrogens with one attached hydrogen (secondary N) is 1. The number of carbonyl (C=O) groups is 1. The molecule has 0 spiro atoms. The van der Waals surface area contributed by atoms with Crippen LogP contribution in [0.15, 0.2) is 30.5 Å². The van der Waals surface area contributed by atoms with Crippen molar-refractivity contribution in [2.45, 2.75) is 32.7 Å². The number of hydrogen-bond acceptors (Lipinski definition) is 5. The summed E-state index contributed by atoms with van der Waals surface area (Å²) in [5, 5.41) is 5.80. The second-order valence-electron chi connectivity index (χ2n) is 8.92. The number of sulfone groups is 1. The second-order valence-corrected chi connectivity index (χ2v) is 11.2. The SMILES string of the molecule is Cc1nn(C2CCS(=O)(=O)C2)c(C)c1N1CCN(C(=O)Cc2c[nH]c3ccccc23)CC1. The number of H-pyrrole nitrogens is 1. The average Bonchev–Trinajstić information content (AvgIpc) is 3.43. The highest BCUT2D eigenvalue weighted by atomic mass is 32.2. The summed E-state index contributed by atoms with van der Waals surface area (Å²) in [6.07, 6.45) is 2.96. The van der Waals surface area contributed by atoms with Gasteiger partial charge in [-0.05, 0) is 31.9 Å². The second kappa shape index (κ2) is 7.95. The molecule has 1 amide bonds. The molecule has 0 radical (unpaired) electrons. The van der Waals surface area contributed by atoms with Crippen molar-refractivity contribution < 1.29 is 13.2 Å². The van der Waals surface area contributed by atoms with Crippen LogP contribution in [0.3, 0.4) is 0 Å². The number of aromatic nitrogens is 3. The first kappa shape index (κ1) is 21.1. The van der Waals surface area contributed by atoms with Crippen LogP contribution in [0.25, 0.3) is 10.9 Å². The highest BCUT2D eigenvalue weighted by Gasteiger charge is 2.33. The Morgan fingerprint density at radius 2 is 1.91 bits per heavy atom. The highest BCUT2D eigenvalue weighted by molar-refractivity contribution is 7.91. The lowest BCUT2D eigenvalue weighted by molar-refractivity contribution is -0.130. The highest BCUT2D eigenvalue weighted by Crippen LogP contribution is 2.31. The third-order valence-electron chi connectivity index (χ3n) is 6.81. The van der Waals surface area contributed by atoms with Gasteiger partial charge in [-0.3, -0.25) is 9.48 Å². The van der Waals surface area contributed by atoms with Crippen molar-refractivity contribution in [3.63, 3.8) is 0 Å². The summed E-state index contributed by atoms with van der Waals surface area (Å²) in [4.78, 5) is 20.4. The lowest BCUT2D eigenvalue weighted by Crippen LogP contribution is -2.49. The van der Waals surface area contributed by atoms with Gasteiger partial charge in [-0.2, -0.15) is 5.10 Å². The lowest BCUT2D eigenvalue weighted by atomic mass is 10.1. The monoisotopic (exact) mass is 455 g/mol. The first-order valence-corrected chi connectivity index (χ1v) is 13.0. The van der Waals surface area contributed by atoms with E-state index < -0.39 is 9.84 Å². The predicted molar refractivity (Wildman–Crippen MR) is 125 cm³/mol. The zero-order valence-electron chi connectivity index (χ0n) is 18.5. The van der Waals surface area contributed by atoms with E-state index in [0.29, 0.717) is 25.9 Å². The molecule has 1 atom stereocenters. The van der Waals surface area contributed by atoms with Crippen LogP contribution in [0, 0.1) is 13.8 Å². The molecule has 0 saturated carbocycles. The Morgan fingerprint density at radius 3 is 2.62 bits per heavy atom. The quantitative estimate of drug-likeness (QED) is 0.652. The first-order chi connectivity index (χ1) is 15.3. The summed E-state index contributed by atoms with van der Waals surface area (Å²) in [5.41, 5.74) is 5.11. The maximum absolute atomic E-state index is 12.9. The van der Waals surface area contributed by atoms with Crippen LogP contribution in [0.1, 0.15) is 29.4 Å². The van der Waals surface area contributed by atoms with Gasteiger partial charge in [0.15, 0.2) is 9.84 Å². The van der Waals surface area contributed by atoms with E-state index in [1.54, 1.807) is 0 Å². The van der Waals surface area contributed by atoms with E-state index in [-0.39, 0.29) is 23.5 Å². The molecule has 2 saturated heterocycles. The Hall–Kier alpha value is -2.81. The van der Waals surface area contributed by atoms with Gasteiger partial charge in [0.2, 0.25) is 5.91 Å². The summed E-state index contributed by atoms with van der Waals surface area (Å²) in [6.45, 7) is 6.84. The Morgan fingerprint density at radius 1 is 1.16 bits per heavy atom. The molecule has 0 aliphatic carbocycles. The molecule has 4 heterocycles. The fourth-order valence-electron chi connectivity index (χ4n) is 5.17. The Labute approximate surface area is 188 Å². The molecule has 5 rings (SSSR count). The van der Waals surface area contributed by atoms with Gasteiger partial charge in [0.05, 0.1) is 41.0 Å². The molecule has 9 heteroatoms. The molecule has 0 bridgehead atoms. The smallest absolute Gasteiger partial charge is 0.227 e. The lowest BCUT2D eigenvalue weighted by Gasteiger charge is -2.36. The fraction of sp³-hybridized carbons (Fsp3) is 0.478. The average molecular weight is 456 g/mol. The third kappa shape index (κ3) is 3.79. The van der Waals surface area contributed by atoms with Gasteiger partial charge in [-0.1, -0.05) is 18.2 Å². The zero-order valence-corrected chi connectivity index (χ0v) is 19.4. The summed E-state index contributed by atoms with van der Waals surface area (Å²) >= 11 is 0. The number of benzene rings is 1. The molecular weight excluding hydrogens is 426 g/mol. The molecule has 1 N–H and O–H groups in total. The molecule has 8 nitrogen and oxygen atoms in total. The summed E-state index contributed by atoms with van der Waals surface area (Å²) in [5.74, 6) is 0.558. The number of piperazine rings is 1. The van der Waals surface area contributed by atoms with E-state index in [1.807, 2.05) is 53.9 Å². The van der Waals surface area contributed by atoms with Crippen LogP contribution in [-0.2, 0) is 21.1 Å². The van der Waals surface area contributed by atoms with Crippen LogP contribution in [-0.4, -0.2) is 71.7 Å². The Kier molecular flexibility index (Phi) is 5.23. The number of anilines is 1. The van der Waals surface area contributed by atoms with Crippen molar-refractivity contribution in [3.8, 4) is 0 Å². The summed E-state index contributed by atoms with van der Waals surface area (Å²) < 4.78 is 25.7. The largest absolute Gasteiger partial charge is 0.365 e. The molecule has 1 unspecified atom stereocenters. The van der Waals surface area contributed by atoms with Gasteiger partial charge in [-0.25, -0.2) is 8.42 Å². The van der Waals surface area contributed by atoms with E-state index in [4.69, 9.17) is 5.10 Å². The number of fused-ring (bicyclic) bond motifs is 1. The van der Waals surface area contributed by atoms with Crippen LogP contribution >= 0.6 is 0 Å². The van der Waals surface area contributed by atoms with E-state index in [0.717, 1.165) is 46.6 Å². The molecule has 3 aromatic rings. The first-order valence-electron chi connectivity index (χ1n) is 11.2. The molecule has 2 aromatic heterocycles. The molecule has 2 aliphatic rings. The summed E-state index contributed by atoms with van der Waals surface area (Å²) in [7, 11) is -2.96. The van der Waals surface area contributed by atoms with E-state index in [9.17, 15) is 13.2 Å². The Bertz CT molecular complexity index is 1270. The molecular formula is C23H29N5O3S. The van der Waals surface area contributed by atoms with Gasteiger partial charge in [0, 0.05) is 43.3 Å². The number of para-hydroxylation sites is 1. The number of hydrogen-bond donors (Lipinski definition) is 1. The standard InChI is InChI=1S/C23H29N5O3S/c1-16-23(17(2)28(25-16)19-7-12-32(30,31)15-19)27-10-8-26(9-11-27)22(29)13-18-14-24-21-6-4-3-5-20(18)21/h3-6,14,19,24H,7-13,15H2,1-2H3. The summed E-state index contributed by atoms with van der Waals surface area (Å²) in [6, 6.07) is 7.97. The van der Waals surface area contributed by atoms with Crippen LogP contribution < -0.4 is 4.90 Å². The van der Waals surface area contributed by atoms with Crippen LogP contribution in [0.2, 0.25) is 0 Å². The van der Waals surface area contributed by atoms with Crippen LogP contribution in [0.5, 0.6) is 0 Å². The Balaban J connectivity index is 1.25. The maximum Gasteiger partial charge on any atom is 0.227 e. The van der Waals surface area contributed by atoms with E-state index >= 15 is 0 Å². The van der Waals surface area contributed by atoms with Crippen molar-refractivity contribution in [1.82, 2.24) is 19.7 Å². The minimum Gasteiger partial charge on any atom is -0.365 e. The third-order valence-corrected chi connectivity index (χ3v) is 8.56. The van der Waals surface area contributed by atoms with Crippen molar-refractivity contribution in [1.29, 1.82) is 0 Å². The van der Waals surface area contributed by atoms with Crippen molar-refractivity contribution in [2.24, 2.45) is 0 Å². The minimum absolute atomic E-state index is 0.0773. The van der Waals surface area contributed by atoms with Gasteiger partial charge in [-0.15, -0.1) is 0 Å². The van der Waals surface area contributed by atoms with Crippen molar-refractivity contribution in [2.75, 3.05) is 42.6 Å². The fourth-order valence-corrected chi connectivity index (χ4v) is 6.86. The number of aryl methyl sites for hydroxylation is 1. The van der Waals surface area contributed by atoms with Crippen LogP contribution in [0.4, 0.5) is 5.69 Å². The van der Waals surface area contributed by atoms with Crippen molar-refractivity contribution in [3.05, 3.63) is 47.4 Å². The molecule has 170 valence electrons. The normalized spacial score (nSPS) is 20.9.